The number of halogens is 3. The molecule has 12 heavy (non-hydrogen) atoms. The lowest BCUT2D eigenvalue weighted by Gasteiger charge is -2.13. The summed E-state index contributed by atoms with van der Waals surface area (Å²) in [5, 5.41) is 8.85. The average molecular weight is 180 g/mol. The molecule has 1 unspecified atom stereocenters. The number of aromatic amines is 1. The molecule has 0 radical (unpaired) electrons. The molecule has 1 rings (SSSR count). The number of hydrogen-bond acceptors (Lipinski definition) is 2. The van der Waals surface area contributed by atoms with Crippen LogP contribution in [0.2, 0.25) is 0 Å². The molecule has 0 aromatic carbocycles. The van der Waals surface area contributed by atoms with Gasteiger partial charge in [-0.2, -0.15) is 13.2 Å². The van der Waals surface area contributed by atoms with Crippen LogP contribution in [0.1, 0.15) is 11.6 Å². The minimum Gasteiger partial charge on any atom is -0.494 e. The highest BCUT2D eigenvalue weighted by atomic mass is 19.4. The monoisotopic (exact) mass is 180 g/mol. The Bertz CT molecular complexity index is 268. The molecule has 1 heterocycles. The van der Waals surface area contributed by atoms with Crippen LogP contribution in [0.3, 0.4) is 0 Å². The first-order valence-electron chi connectivity index (χ1n) is 3.11. The van der Waals surface area contributed by atoms with E-state index in [0.29, 0.717) is 0 Å². The zero-order valence-electron chi connectivity index (χ0n) is 5.89. The molecule has 1 aromatic heterocycles. The number of nitrogens with two attached hydrogens (primary N) is 1. The van der Waals surface area contributed by atoms with Gasteiger partial charge in [0.05, 0.1) is 0 Å². The maximum absolute atomic E-state index is 11.9. The normalized spacial score (nSPS) is 14.7. The van der Waals surface area contributed by atoms with Crippen molar-refractivity contribution in [3.05, 3.63) is 17.8 Å². The van der Waals surface area contributed by atoms with Crippen LogP contribution in [0.15, 0.2) is 12.3 Å². The van der Waals surface area contributed by atoms with Gasteiger partial charge in [-0.3, -0.25) is 0 Å². The molecule has 0 bridgehead atoms. The summed E-state index contributed by atoms with van der Waals surface area (Å²) in [5.41, 5.74) is 4.47. The van der Waals surface area contributed by atoms with Gasteiger partial charge >= 0.3 is 6.18 Å². The summed E-state index contributed by atoms with van der Waals surface area (Å²) in [6.07, 6.45) is -3.34. The predicted octanol–water partition coefficient (Wildman–Crippen LogP) is 1.28. The highest BCUT2D eigenvalue weighted by Crippen LogP contribution is 2.33. The molecule has 6 heteroatoms. The molecule has 1 atom stereocenters. The van der Waals surface area contributed by atoms with Gasteiger partial charge in [-0.05, 0) is 6.07 Å². The molecule has 0 saturated heterocycles. The number of aromatic hydroxyl groups is 1. The van der Waals surface area contributed by atoms with Crippen molar-refractivity contribution in [3.8, 4) is 5.88 Å². The lowest BCUT2D eigenvalue weighted by molar-refractivity contribution is -0.149. The number of H-pyrrole nitrogens is 1. The van der Waals surface area contributed by atoms with E-state index in [4.69, 9.17) is 10.8 Å². The third-order valence-corrected chi connectivity index (χ3v) is 1.44. The largest absolute Gasteiger partial charge is 0.494 e. The molecule has 0 fully saturated rings. The fourth-order valence-electron chi connectivity index (χ4n) is 0.800. The zero-order valence-corrected chi connectivity index (χ0v) is 5.89. The first-order valence-corrected chi connectivity index (χ1v) is 3.11. The van der Waals surface area contributed by atoms with Crippen molar-refractivity contribution in [2.75, 3.05) is 0 Å². The van der Waals surface area contributed by atoms with Gasteiger partial charge in [0, 0.05) is 11.8 Å². The van der Waals surface area contributed by atoms with Crippen molar-refractivity contribution in [3.63, 3.8) is 0 Å². The lowest BCUT2D eigenvalue weighted by atomic mass is 10.1. The summed E-state index contributed by atoms with van der Waals surface area (Å²) in [7, 11) is 0. The second-order valence-electron chi connectivity index (χ2n) is 2.30. The molecule has 68 valence electrons. The topological polar surface area (TPSA) is 62.0 Å². The smallest absolute Gasteiger partial charge is 0.407 e. The van der Waals surface area contributed by atoms with Crippen LogP contribution in [0.5, 0.6) is 5.88 Å². The fourth-order valence-corrected chi connectivity index (χ4v) is 0.800. The van der Waals surface area contributed by atoms with E-state index in [2.05, 4.69) is 4.98 Å². The van der Waals surface area contributed by atoms with E-state index in [1.165, 1.54) is 6.20 Å². The highest BCUT2D eigenvalue weighted by Gasteiger charge is 2.39. The number of aromatic nitrogens is 1. The summed E-state index contributed by atoms with van der Waals surface area (Å²) in [4.78, 5) is 2.20. The third-order valence-electron chi connectivity index (χ3n) is 1.44. The Balaban J connectivity index is 2.92. The number of alkyl halides is 3. The third kappa shape index (κ3) is 1.53. The first-order chi connectivity index (χ1) is 5.43. The van der Waals surface area contributed by atoms with Gasteiger partial charge in [0.15, 0.2) is 5.88 Å². The van der Waals surface area contributed by atoms with E-state index in [9.17, 15) is 13.2 Å². The Kier molecular flexibility index (Phi) is 2.01. The Morgan fingerprint density at radius 1 is 1.50 bits per heavy atom. The van der Waals surface area contributed by atoms with Gasteiger partial charge in [0.1, 0.15) is 6.04 Å². The Labute approximate surface area is 66.0 Å². The summed E-state index contributed by atoms with van der Waals surface area (Å²) in [6.45, 7) is 0. The first kappa shape index (κ1) is 8.92. The van der Waals surface area contributed by atoms with Crippen LogP contribution in [-0.2, 0) is 0 Å². The van der Waals surface area contributed by atoms with E-state index < -0.39 is 18.1 Å². The highest BCUT2D eigenvalue weighted by molar-refractivity contribution is 5.29. The summed E-state index contributed by atoms with van der Waals surface area (Å²) >= 11 is 0. The van der Waals surface area contributed by atoms with Gasteiger partial charge in [0.25, 0.3) is 0 Å². The van der Waals surface area contributed by atoms with Crippen LogP contribution >= 0.6 is 0 Å². The van der Waals surface area contributed by atoms with Gasteiger partial charge in [-0.15, -0.1) is 0 Å². The number of hydrogen-bond donors (Lipinski definition) is 3. The fraction of sp³-hybridized carbons (Fsp3) is 0.333. The molecule has 0 saturated carbocycles. The predicted molar refractivity (Wildman–Crippen MR) is 35.4 cm³/mol. The van der Waals surface area contributed by atoms with E-state index in [-0.39, 0.29) is 5.56 Å². The SMILES string of the molecule is NC(c1cc[nH]c1O)C(F)(F)F. The van der Waals surface area contributed by atoms with Crippen molar-refractivity contribution in [1.82, 2.24) is 4.98 Å². The van der Waals surface area contributed by atoms with Gasteiger partial charge in [0.2, 0.25) is 0 Å². The summed E-state index contributed by atoms with van der Waals surface area (Å²) in [5.74, 6) is -0.542. The molecule has 0 spiro atoms. The lowest BCUT2D eigenvalue weighted by Crippen LogP contribution is -2.28. The maximum atomic E-state index is 11.9. The molecule has 4 N–H and O–H groups in total. The quantitative estimate of drug-likeness (QED) is 0.609. The van der Waals surface area contributed by atoms with Gasteiger partial charge in [-0.1, -0.05) is 0 Å². The zero-order chi connectivity index (χ0) is 9.35. The summed E-state index contributed by atoms with van der Waals surface area (Å²) < 4.78 is 35.8. The van der Waals surface area contributed by atoms with E-state index >= 15 is 0 Å². The second-order valence-corrected chi connectivity index (χ2v) is 2.30. The van der Waals surface area contributed by atoms with Crippen LogP contribution < -0.4 is 5.73 Å². The standard InChI is InChI=1S/C6H7F3N2O/c7-6(8,9)4(10)3-1-2-11-5(3)12/h1-2,4,11-12H,10H2. The van der Waals surface area contributed by atoms with Crippen LogP contribution in [0, 0.1) is 0 Å². The molecule has 0 aliphatic carbocycles. The van der Waals surface area contributed by atoms with Crippen molar-refractivity contribution >= 4 is 0 Å². The summed E-state index contributed by atoms with van der Waals surface area (Å²) in [6, 6.07) is -1.04. The van der Waals surface area contributed by atoms with Gasteiger partial charge < -0.3 is 15.8 Å². The number of nitrogens with one attached hydrogen (secondary N) is 1. The molecular formula is C6H7F3N2O. The Morgan fingerprint density at radius 2 is 2.08 bits per heavy atom. The van der Waals surface area contributed by atoms with Gasteiger partial charge in [-0.25, -0.2) is 0 Å². The molecule has 0 aliphatic rings. The van der Waals surface area contributed by atoms with Crippen molar-refractivity contribution < 1.29 is 18.3 Å². The molecule has 0 amide bonds. The van der Waals surface area contributed by atoms with Crippen molar-refractivity contribution in [2.45, 2.75) is 12.2 Å². The number of rotatable bonds is 1. The van der Waals surface area contributed by atoms with Crippen LogP contribution in [0.4, 0.5) is 13.2 Å². The molecule has 1 aromatic rings. The Hall–Kier alpha value is -1.17. The second kappa shape index (κ2) is 2.71. The van der Waals surface area contributed by atoms with E-state index in [0.717, 1.165) is 6.07 Å². The molecule has 3 nitrogen and oxygen atoms in total. The maximum Gasteiger partial charge on any atom is 0.407 e. The van der Waals surface area contributed by atoms with Crippen molar-refractivity contribution in [2.24, 2.45) is 5.73 Å². The molecular weight excluding hydrogens is 173 g/mol. The van der Waals surface area contributed by atoms with Crippen LogP contribution in [-0.4, -0.2) is 16.3 Å². The van der Waals surface area contributed by atoms with Crippen LogP contribution in [0.25, 0.3) is 0 Å². The Morgan fingerprint density at radius 3 is 2.42 bits per heavy atom. The minimum absolute atomic E-state index is 0.345. The minimum atomic E-state index is -4.53. The van der Waals surface area contributed by atoms with E-state index in [1.807, 2.05) is 0 Å². The van der Waals surface area contributed by atoms with Crippen molar-refractivity contribution in [1.29, 1.82) is 0 Å². The molecule has 0 aliphatic heterocycles. The van der Waals surface area contributed by atoms with E-state index in [1.54, 1.807) is 0 Å². The average Bonchev–Trinajstić information content (AvgIpc) is 2.31.